The normalized spacial score (nSPS) is 26.3. The molecular weight excluding hydrogens is 552 g/mol. The largest absolute Gasteiger partial charge is 0.507 e. The van der Waals surface area contributed by atoms with E-state index in [9.17, 15) is 30.0 Å². The van der Waals surface area contributed by atoms with Gasteiger partial charge in [0, 0.05) is 19.8 Å². The number of phenolic OH excluding ortho intramolecular Hbond substituents is 1. The fourth-order valence-electron chi connectivity index (χ4n) is 6.38. The summed E-state index contributed by atoms with van der Waals surface area (Å²) in [4.78, 5) is 27.2. The van der Waals surface area contributed by atoms with Gasteiger partial charge in [0.1, 0.15) is 35.2 Å². The first-order chi connectivity index (χ1) is 20.3. The zero-order valence-electron chi connectivity index (χ0n) is 24.5. The van der Waals surface area contributed by atoms with Crippen LogP contribution in [-0.2, 0) is 11.2 Å². The highest BCUT2D eigenvalue weighted by Crippen LogP contribution is 2.43. The molecule has 3 aromatic rings. The Morgan fingerprint density at radius 3 is 2.47 bits per heavy atom. The number of nitrogens with zero attached hydrogens (tertiary/aromatic N) is 1. The Hall–Kier alpha value is -4.16. The second-order valence-corrected chi connectivity index (χ2v) is 11.7. The van der Waals surface area contributed by atoms with E-state index in [1.165, 1.54) is 37.5 Å². The molecule has 2 aliphatic carbocycles. The van der Waals surface area contributed by atoms with Gasteiger partial charge in [0.05, 0.1) is 18.2 Å². The fraction of sp³-hybridized carbons (Fsp3) is 0.375. The number of carbonyl (C=O) groups excluding carboxylic acids is 2. The summed E-state index contributed by atoms with van der Waals surface area (Å²) in [5.74, 6) is -1.23. The van der Waals surface area contributed by atoms with Gasteiger partial charge in [-0.1, -0.05) is 42.5 Å². The number of esters is 1. The summed E-state index contributed by atoms with van der Waals surface area (Å²) >= 11 is 0. The maximum Gasteiger partial charge on any atom is 0.342 e. The monoisotopic (exact) mass is 590 g/mol. The standard InChI is InChI=1S/C32H38N4O7/c1-17-8-7-11-24(38)25(17)28(39)43-16-31(42)27(26(33)32(18(2)37,29(31)40)35-30(41)36(3)4)34-21-12-13-23-20(15-21)14-19-9-5-6-10-22(19)23/h5-13,15,18,26-27,29,34,37-38,40,42H,14,16,33H2,1-4H3,(H,35,41)/t18-,26-,27-,29-,31+,32-/m0/s1. The Morgan fingerprint density at radius 1 is 1.09 bits per heavy atom. The lowest BCUT2D eigenvalue weighted by molar-refractivity contribution is -0.125. The van der Waals surface area contributed by atoms with E-state index in [-0.39, 0.29) is 11.3 Å². The minimum Gasteiger partial charge on any atom is -0.507 e. The van der Waals surface area contributed by atoms with Crippen LogP contribution in [0, 0.1) is 6.92 Å². The first-order valence-electron chi connectivity index (χ1n) is 14.1. The first kappa shape index (κ1) is 30.3. The number of hydrogen-bond acceptors (Lipinski definition) is 9. The van der Waals surface area contributed by atoms with Crippen LogP contribution in [-0.4, -0.2) is 93.5 Å². The number of nitrogens with two attached hydrogens (primary N) is 1. The molecule has 0 unspecified atom stereocenters. The molecule has 5 rings (SSSR count). The zero-order chi connectivity index (χ0) is 31.3. The van der Waals surface area contributed by atoms with E-state index in [1.54, 1.807) is 19.1 Å². The summed E-state index contributed by atoms with van der Waals surface area (Å²) < 4.78 is 5.50. The van der Waals surface area contributed by atoms with Crippen LogP contribution in [0.25, 0.3) is 11.1 Å². The molecule has 0 saturated heterocycles. The number of benzene rings is 3. The van der Waals surface area contributed by atoms with Gasteiger partial charge in [0.15, 0.2) is 0 Å². The van der Waals surface area contributed by atoms with Crippen molar-refractivity contribution in [2.45, 2.75) is 55.7 Å². The van der Waals surface area contributed by atoms with Gasteiger partial charge >= 0.3 is 12.0 Å². The number of fused-ring (bicyclic) bond motifs is 3. The van der Waals surface area contributed by atoms with Crippen molar-refractivity contribution in [1.82, 2.24) is 10.2 Å². The highest BCUT2D eigenvalue weighted by Gasteiger charge is 2.69. The van der Waals surface area contributed by atoms with Crippen molar-refractivity contribution in [3.8, 4) is 16.9 Å². The maximum atomic E-state index is 13.1. The van der Waals surface area contributed by atoms with Gasteiger partial charge in [-0.15, -0.1) is 0 Å². The molecule has 1 fully saturated rings. The van der Waals surface area contributed by atoms with Gasteiger partial charge < -0.3 is 46.4 Å². The number of nitrogens with one attached hydrogen (secondary N) is 2. The number of aryl methyl sites for hydroxylation is 1. The van der Waals surface area contributed by atoms with Gasteiger partial charge in [0.2, 0.25) is 0 Å². The second-order valence-electron chi connectivity index (χ2n) is 11.7. The van der Waals surface area contributed by atoms with Crippen molar-refractivity contribution >= 4 is 17.7 Å². The molecule has 11 nitrogen and oxygen atoms in total. The number of ether oxygens (including phenoxy) is 1. The number of amides is 2. The third-order valence-corrected chi connectivity index (χ3v) is 8.80. The summed E-state index contributed by atoms with van der Waals surface area (Å²) in [6.07, 6.45) is -2.63. The molecule has 3 aromatic carbocycles. The molecule has 2 amide bonds. The lowest BCUT2D eigenvalue weighted by atomic mass is 9.84. The lowest BCUT2D eigenvalue weighted by Crippen LogP contribution is -2.71. The van der Waals surface area contributed by atoms with Crippen molar-refractivity contribution in [3.63, 3.8) is 0 Å². The summed E-state index contributed by atoms with van der Waals surface area (Å²) in [6.45, 7) is 2.21. The Kier molecular flexibility index (Phi) is 7.86. The number of rotatable bonds is 7. The van der Waals surface area contributed by atoms with Gasteiger partial charge in [0.25, 0.3) is 0 Å². The van der Waals surface area contributed by atoms with Crippen molar-refractivity contribution in [3.05, 3.63) is 82.9 Å². The van der Waals surface area contributed by atoms with Gasteiger partial charge in [-0.25, -0.2) is 9.59 Å². The number of aromatic hydroxyl groups is 1. The molecule has 43 heavy (non-hydrogen) atoms. The van der Waals surface area contributed by atoms with E-state index >= 15 is 0 Å². The smallest absolute Gasteiger partial charge is 0.342 e. The number of aliphatic hydroxyl groups is 3. The fourth-order valence-corrected chi connectivity index (χ4v) is 6.38. The molecule has 1 saturated carbocycles. The number of carbonyl (C=O) groups is 2. The van der Waals surface area contributed by atoms with Gasteiger partial charge in [-0.2, -0.15) is 0 Å². The zero-order valence-corrected chi connectivity index (χ0v) is 24.5. The molecule has 6 atom stereocenters. The number of anilines is 1. The molecular formula is C32H38N4O7. The molecule has 2 aliphatic rings. The number of aliphatic hydroxyl groups excluding tert-OH is 2. The first-order valence-corrected chi connectivity index (χ1v) is 14.1. The summed E-state index contributed by atoms with van der Waals surface area (Å²) in [6, 6.07) is 15.2. The van der Waals surface area contributed by atoms with Crippen LogP contribution in [0.15, 0.2) is 60.7 Å². The average molecular weight is 591 g/mol. The van der Waals surface area contributed by atoms with Crippen LogP contribution in [0.3, 0.4) is 0 Å². The summed E-state index contributed by atoms with van der Waals surface area (Å²) in [7, 11) is 2.97. The highest BCUT2D eigenvalue weighted by molar-refractivity contribution is 5.94. The summed E-state index contributed by atoms with van der Waals surface area (Å²) in [5.41, 5.74) is 7.85. The van der Waals surface area contributed by atoms with E-state index in [2.05, 4.69) is 22.8 Å². The Balaban J connectivity index is 1.51. The Labute approximate surface area is 249 Å². The molecule has 11 heteroatoms. The minimum absolute atomic E-state index is 0.0896. The van der Waals surface area contributed by atoms with E-state index < -0.39 is 54.0 Å². The molecule has 0 heterocycles. The van der Waals surface area contributed by atoms with Crippen LogP contribution in [0.5, 0.6) is 5.75 Å². The maximum absolute atomic E-state index is 13.1. The second kappa shape index (κ2) is 11.2. The van der Waals surface area contributed by atoms with Crippen LogP contribution in [0.4, 0.5) is 10.5 Å². The molecule has 0 spiro atoms. The molecule has 0 bridgehead atoms. The molecule has 8 N–H and O–H groups in total. The topological polar surface area (TPSA) is 178 Å². The molecule has 0 aromatic heterocycles. The van der Waals surface area contributed by atoms with Crippen LogP contribution in [0.2, 0.25) is 0 Å². The SMILES string of the molecule is Cc1cccc(O)c1C(=O)OC[C@@]1(O)[C@@H](Nc2ccc3c(c2)Cc2ccccc2-3)[C@H](N)[C@@](NC(=O)N(C)C)([C@H](C)O)[C@H]1O. The number of hydrogen-bond donors (Lipinski definition) is 7. The Morgan fingerprint density at radius 2 is 1.79 bits per heavy atom. The van der Waals surface area contributed by atoms with Gasteiger partial charge in [-0.05, 0) is 66.3 Å². The average Bonchev–Trinajstić information content (AvgIpc) is 3.40. The van der Waals surface area contributed by atoms with Crippen molar-refractivity contribution < 1.29 is 34.8 Å². The van der Waals surface area contributed by atoms with E-state index in [0.29, 0.717) is 17.7 Å². The summed E-state index contributed by atoms with van der Waals surface area (Å²) in [5, 5.41) is 51.0. The van der Waals surface area contributed by atoms with Crippen LogP contribution < -0.4 is 16.4 Å². The van der Waals surface area contributed by atoms with Crippen LogP contribution in [0.1, 0.15) is 34.0 Å². The predicted octanol–water partition coefficient (Wildman–Crippen LogP) is 1.73. The highest BCUT2D eigenvalue weighted by atomic mass is 16.5. The molecule has 228 valence electrons. The third kappa shape index (κ3) is 4.98. The van der Waals surface area contributed by atoms with Gasteiger partial charge in [-0.3, -0.25) is 0 Å². The third-order valence-electron chi connectivity index (χ3n) is 8.80. The van der Waals surface area contributed by atoms with Crippen molar-refractivity contribution in [1.29, 1.82) is 0 Å². The Bertz CT molecular complexity index is 1540. The van der Waals surface area contributed by atoms with Crippen LogP contribution >= 0.6 is 0 Å². The van der Waals surface area contributed by atoms with Crippen molar-refractivity contribution in [2.75, 3.05) is 26.0 Å². The number of phenols is 1. The predicted molar refractivity (Wildman–Crippen MR) is 161 cm³/mol. The minimum atomic E-state index is -2.30. The molecule has 0 radical (unpaired) electrons. The van der Waals surface area contributed by atoms with Crippen molar-refractivity contribution in [2.24, 2.45) is 5.73 Å². The van der Waals surface area contributed by atoms with E-state index in [4.69, 9.17) is 10.5 Å². The van der Waals surface area contributed by atoms with E-state index in [1.807, 2.05) is 30.3 Å². The number of urea groups is 1. The van der Waals surface area contributed by atoms with E-state index in [0.717, 1.165) is 16.7 Å². The molecule has 0 aliphatic heterocycles. The lowest BCUT2D eigenvalue weighted by Gasteiger charge is -2.41. The quantitative estimate of drug-likeness (QED) is 0.158.